The molecule has 0 atom stereocenters. The topological polar surface area (TPSA) is 0 Å². The molecule has 0 amide bonds. The smallest absolute Gasteiger partial charge is 0.358 e. The third-order valence-corrected chi connectivity index (χ3v) is 0. The predicted molar refractivity (Wildman–Crippen MR) is 63.5 cm³/mol. The first-order chi connectivity index (χ1) is 2.00. The summed E-state index contributed by atoms with van der Waals surface area (Å²) >= 11 is 2.74. The Labute approximate surface area is 224 Å². The SMILES string of the molecule is C.C.[CH2]=[Ca].[CH2]=[Mg].[CH3-].[CH3-].[Ca+2].[Li+].[Li+].[Li+].[Li+].[Mg+2]. The van der Waals surface area contributed by atoms with Crippen LogP contribution < -0.4 is 75.4 Å². The fourth-order valence-electron chi connectivity index (χ4n) is 0. The van der Waals surface area contributed by atoms with Gasteiger partial charge in [0.2, 0.25) is 0 Å². The van der Waals surface area contributed by atoms with Gasteiger partial charge in [-0.1, -0.05) is 14.9 Å². The molecule has 8 heteroatoms. The molecule has 0 bridgehead atoms. The van der Waals surface area contributed by atoms with Crippen LogP contribution in [0.3, 0.4) is 0 Å². The van der Waals surface area contributed by atoms with Crippen LogP contribution in [-0.2, 0) is 0 Å². The Kier molecular flexibility index (Phi) is 1310. The van der Waals surface area contributed by atoms with E-state index in [1.807, 2.05) is 0 Å². The minimum atomic E-state index is 0. The van der Waals surface area contributed by atoms with Gasteiger partial charge in [0.05, 0.1) is 0 Å². The first-order valence-electron chi connectivity index (χ1n) is 1.000. The van der Waals surface area contributed by atoms with Crippen LogP contribution in [0.5, 0.6) is 0 Å². The van der Waals surface area contributed by atoms with Crippen LogP contribution >= 0.6 is 0 Å². The summed E-state index contributed by atoms with van der Waals surface area (Å²) in [6, 6.07) is 0. The zero-order chi connectivity index (χ0) is 4.00. The molecular weight excluding hydrogens is 229 g/mol. The van der Waals surface area contributed by atoms with Crippen molar-refractivity contribution in [3.63, 3.8) is 0 Å². The van der Waals surface area contributed by atoms with Gasteiger partial charge in [-0.3, -0.25) is 0 Å². The van der Waals surface area contributed by atoms with Crippen LogP contribution in [0.4, 0.5) is 0 Å². The summed E-state index contributed by atoms with van der Waals surface area (Å²) in [5.74, 6) is 0. The molecule has 48 valence electrons. The van der Waals surface area contributed by atoms with Crippen LogP contribution in [0, 0.1) is 14.9 Å². The van der Waals surface area contributed by atoms with Crippen LogP contribution in [0.2, 0.25) is 0 Å². The minimum Gasteiger partial charge on any atom is -0.358 e. The molecule has 0 saturated heterocycles. The van der Waals surface area contributed by atoms with Gasteiger partial charge >= 0.3 is 200 Å². The summed E-state index contributed by atoms with van der Waals surface area (Å²) in [4.78, 5) is 0. The number of rotatable bonds is 0. The molecule has 0 fully saturated rings. The molecule has 0 radical (unpaired) electrons. The number of hydrogen-bond donors (Lipinski definition) is 0. The average molecular weight is 247 g/mol. The Morgan fingerprint density at radius 1 is 0.714 bits per heavy atom. The summed E-state index contributed by atoms with van der Waals surface area (Å²) < 4.78 is 6.65. The molecular formula is C6H18Ca2Li4Mg2+6. The molecule has 0 aromatic rings. The molecule has 0 rings (SSSR count). The standard InChI is InChI=1S/2CH4.2CH3.2CH2.2Ca.4Li.2Mg/h2*1H4;2*1H3;2*1H2;;;;;;;;/q;;2*-1;;;;+2;4*+1;;+2. The molecule has 0 N–H and O–H groups in total. The Bertz CT molecular complexity index is 27.8. The summed E-state index contributed by atoms with van der Waals surface area (Å²) in [6.07, 6.45) is 0. The van der Waals surface area contributed by atoms with E-state index in [0.717, 1.165) is 35.3 Å². The van der Waals surface area contributed by atoms with Gasteiger partial charge in [0.15, 0.2) is 0 Å². The Morgan fingerprint density at radius 2 is 0.714 bits per heavy atom. The second-order valence-electron chi connectivity index (χ2n) is 0. The zero-order valence-electron chi connectivity index (χ0n) is 10.2. The first-order valence-corrected chi connectivity index (χ1v) is 3.56. The zero-order valence-corrected chi connectivity index (χ0v) is 17.5. The fraction of sp³-hybridized carbons (Fsp3) is 0.333. The molecule has 0 aliphatic heterocycles. The van der Waals surface area contributed by atoms with E-state index in [1.54, 1.807) is 21.2 Å². The van der Waals surface area contributed by atoms with Crippen molar-refractivity contribution in [3.05, 3.63) is 14.9 Å². The van der Waals surface area contributed by atoms with Gasteiger partial charge in [-0.05, 0) is 0 Å². The molecule has 0 spiro atoms. The van der Waals surface area contributed by atoms with Gasteiger partial charge < -0.3 is 14.9 Å². The van der Waals surface area contributed by atoms with E-state index in [0.29, 0.717) is 0 Å². The maximum Gasteiger partial charge on any atom is 2.00 e. The maximum atomic E-state index is 3.38. The van der Waals surface area contributed by atoms with Gasteiger partial charge in [0, 0.05) is 0 Å². The molecule has 0 aromatic heterocycles. The first kappa shape index (κ1) is 111. The van der Waals surface area contributed by atoms with Gasteiger partial charge in [-0.15, -0.1) is 0 Å². The predicted octanol–water partition coefficient (Wildman–Crippen LogP) is -11.4. The normalized spacial score (nSPS) is 0.857. The van der Waals surface area contributed by atoms with Gasteiger partial charge in [-0.2, -0.15) is 0 Å². The third-order valence-electron chi connectivity index (χ3n) is 0. The quantitative estimate of drug-likeness (QED) is 0.294. The van der Waals surface area contributed by atoms with Crippen LogP contribution in [0.1, 0.15) is 14.9 Å². The molecule has 0 unspecified atom stereocenters. The molecule has 0 nitrogen and oxygen atoms in total. The maximum absolute atomic E-state index is 3.38. The van der Waals surface area contributed by atoms with Gasteiger partial charge in [0.25, 0.3) is 0 Å². The van der Waals surface area contributed by atoms with E-state index < -0.39 is 0 Å². The van der Waals surface area contributed by atoms with E-state index in [-0.39, 0.29) is 166 Å². The van der Waals surface area contributed by atoms with E-state index in [9.17, 15) is 0 Å². The monoisotopic (exact) mass is 246 g/mol. The largest absolute Gasteiger partial charge is 2.00 e. The van der Waals surface area contributed by atoms with Crippen molar-refractivity contribution in [1.82, 2.24) is 0 Å². The number of hydrogen-bond acceptors (Lipinski definition) is 0. The van der Waals surface area contributed by atoms with Gasteiger partial charge in [-0.25, -0.2) is 0 Å². The second kappa shape index (κ2) is 166. The Hall–Kier alpha value is 6.18. The van der Waals surface area contributed by atoms with Crippen molar-refractivity contribution >= 4 is 125 Å². The minimum absolute atomic E-state index is 0. The van der Waals surface area contributed by atoms with E-state index in [2.05, 4.69) is 7.23 Å². The molecule has 0 heterocycles. The van der Waals surface area contributed by atoms with Crippen molar-refractivity contribution in [2.75, 3.05) is 0 Å². The van der Waals surface area contributed by atoms with Crippen molar-refractivity contribution in [1.29, 1.82) is 0 Å². The molecule has 14 heavy (non-hydrogen) atoms. The van der Waals surface area contributed by atoms with Crippen LogP contribution in [0.15, 0.2) is 0 Å². The molecule has 0 saturated carbocycles. The van der Waals surface area contributed by atoms with Crippen molar-refractivity contribution < 1.29 is 75.4 Å². The summed E-state index contributed by atoms with van der Waals surface area (Å²) in [5.41, 5.74) is 0. The van der Waals surface area contributed by atoms with Gasteiger partial charge in [0.1, 0.15) is 0 Å². The fourth-order valence-corrected chi connectivity index (χ4v) is 0. The van der Waals surface area contributed by atoms with Crippen LogP contribution in [0.25, 0.3) is 0 Å². The summed E-state index contributed by atoms with van der Waals surface area (Å²) in [6.45, 7) is 0. The summed E-state index contributed by atoms with van der Waals surface area (Å²) in [5, 5.41) is 0. The molecule has 0 aliphatic carbocycles. The Balaban J connectivity index is -0.000000000333. The van der Waals surface area contributed by atoms with Crippen molar-refractivity contribution in [2.24, 2.45) is 0 Å². The van der Waals surface area contributed by atoms with E-state index in [1.165, 1.54) is 0 Å². The van der Waals surface area contributed by atoms with Crippen molar-refractivity contribution in [3.8, 4) is 0 Å². The Morgan fingerprint density at radius 3 is 0.714 bits per heavy atom. The third kappa shape index (κ3) is 140. The second-order valence-corrected chi connectivity index (χ2v) is 0. The van der Waals surface area contributed by atoms with Crippen molar-refractivity contribution in [2.45, 2.75) is 14.9 Å². The molecule has 0 aliphatic rings. The molecule has 0 aromatic carbocycles. The van der Waals surface area contributed by atoms with E-state index in [4.69, 9.17) is 0 Å². The summed E-state index contributed by atoms with van der Waals surface area (Å²) in [7, 11) is 0. The van der Waals surface area contributed by atoms with Crippen LogP contribution in [-0.4, -0.2) is 125 Å². The van der Waals surface area contributed by atoms with E-state index >= 15 is 0 Å². The average Bonchev–Trinajstić information content (AvgIpc) is 1.50.